The number of nitrogens with zero attached hydrogens (tertiary/aromatic N) is 2. The Balaban J connectivity index is 1.12. The molecule has 1 aromatic heterocycles. The maximum Gasteiger partial charge on any atom is 0.338 e. The first-order chi connectivity index (χ1) is 19.8. The minimum Gasteiger partial charge on any atom is -0.452 e. The Kier molecular flexibility index (Phi) is 7.07. The summed E-state index contributed by atoms with van der Waals surface area (Å²) < 4.78 is 35.6. The van der Waals surface area contributed by atoms with Crippen LogP contribution in [0.1, 0.15) is 28.4 Å². The average Bonchev–Trinajstić information content (AvgIpc) is 3.32. The second-order valence-electron chi connectivity index (χ2n) is 10.0. The van der Waals surface area contributed by atoms with Crippen molar-refractivity contribution in [3.8, 4) is 0 Å². The molecule has 8 nitrogen and oxygen atoms in total. The first-order valence-electron chi connectivity index (χ1n) is 13.5. The molecule has 208 valence electrons. The lowest BCUT2D eigenvalue weighted by Crippen LogP contribution is -2.36. The number of aryl methyl sites for hydroxylation is 1. The summed E-state index contributed by atoms with van der Waals surface area (Å²) >= 11 is 0. The number of fused-ring (bicyclic) bond motifs is 4. The molecular weight excluding hydrogens is 538 g/mol. The number of carbonyl (C=O) groups excluding carboxylic acids is 2. The second-order valence-corrected chi connectivity index (χ2v) is 11.9. The van der Waals surface area contributed by atoms with Crippen molar-refractivity contribution in [2.75, 3.05) is 18.5 Å². The number of benzene rings is 4. The third kappa shape index (κ3) is 5.10. The van der Waals surface area contributed by atoms with E-state index in [-0.39, 0.29) is 17.0 Å². The molecule has 0 spiro atoms. The molecule has 0 saturated heterocycles. The summed E-state index contributed by atoms with van der Waals surface area (Å²) in [7, 11) is -3.82. The van der Waals surface area contributed by atoms with Crippen molar-refractivity contribution in [2.24, 2.45) is 0 Å². The first kappa shape index (κ1) is 26.7. The zero-order chi connectivity index (χ0) is 28.6. The number of esters is 1. The molecular formula is C32H29N3O5S. The number of sulfonamides is 1. The minimum absolute atomic E-state index is 0.00956. The predicted octanol–water partition coefficient (Wildman–Crippen LogP) is 5.36. The number of nitrogens with one attached hydrogen (secondary N) is 1. The third-order valence-corrected chi connectivity index (χ3v) is 9.35. The molecule has 0 saturated carbocycles. The fourth-order valence-corrected chi connectivity index (χ4v) is 6.96. The van der Waals surface area contributed by atoms with Crippen LogP contribution in [0.2, 0.25) is 0 Å². The van der Waals surface area contributed by atoms with Gasteiger partial charge >= 0.3 is 5.97 Å². The maximum atomic E-state index is 13.3. The van der Waals surface area contributed by atoms with Crippen LogP contribution in [0.15, 0.2) is 95.9 Å². The van der Waals surface area contributed by atoms with Crippen LogP contribution in [0.25, 0.3) is 21.8 Å². The van der Waals surface area contributed by atoms with Gasteiger partial charge in [0.25, 0.3) is 5.91 Å². The second kappa shape index (κ2) is 10.8. The summed E-state index contributed by atoms with van der Waals surface area (Å²) in [5.41, 5.74) is 4.96. The van der Waals surface area contributed by atoms with Crippen LogP contribution in [0.4, 0.5) is 5.69 Å². The van der Waals surface area contributed by atoms with Gasteiger partial charge in [0.1, 0.15) is 0 Å². The van der Waals surface area contributed by atoms with E-state index in [1.165, 1.54) is 28.6 Å². The van der Waals surface area contributed by atoms with E-state index in [4.69, 9.17) is 4.74 Å². The number of rotatable bonds is 7. The summed E-state index contributed by atoms with van der Waals surface area (Å²) in [6, 6.07) is 27.3. The van der Waals surface area contributed by atoms with Crippen molar-refractivity contribution in [3.63, 3.8) is 0 Å². The van der Waals surface area contributed by atoms with Gasteiger partial charge in [-0.05, 0) is 66.9 Å². The van der Waals surface area contributed by atoms with Crippen LogP contribution >= 0.6 is 0 Å². The molecule has 0 radical (unpaired) electrons. The Morgan fingerprint density at radius 3 is 2.44 bits per heavy atom. The van der Waals surface area contributed by atoms with E-state index in [0.717, 1.165) is 39.5 Å². The fraction of sp³-hybridized carbons (Fsp3) is 0.188. The van der Waals surface area contributed by atoms with Crippen molar-refractivity contribution < 1.29 is 22.7 Å². The minimum atomic E-state index is -3.82. The van der Waals surface area contributed by atoms with Crippen LogP contribution in [-0.2, 0) is 39.1 Å². The number of anilines is 1. The Morgan fingerprint density at radius 2 is 1.61 bits per heavy atom. The lowest BCUT2D eigenvalue weighted by Gasteiger charge is -2.28. The smallest absolute Gasteiger partial charge is 0.338 e. The highest BCUT2D eigenvalue weighted by Gasteiger charge is 2.29. The lowest BCUT2D eigenvalue weighted by molar-refractivity contribution is -0.119. The number of hydrogen-bond acceptors (Lipinski definition) is 5. The van der Waals surface area contributed by atoms with E-state index in [9.17, 15) is 18.0 Å². The third-order valence-electron chi connectivity index (χ3n) is 7.51. The van der Waals surface area contributed by atoms with Gasteiger partial charge in [-0.15, -0.1) is 0 Å². The average molecular weight is 568 g/mol. The highest BCUT2D eigenvalue weighted by Crippen LogP contribution is 2.31. The summed E-state index contributed by atoms with van der Waals surface area (Å²) in [5, 5.41) is 4.91. The van der Waals surface area contributed by atoms with E-state index in [1.807, 2.05) is 54.6 Å². The normalized spacial score (nSPS) is 13.7. The van der Waals surface area contributed by atoms with Crippen LogP contribution in [0.5, 0.6) is 0 Å². The van der Waals surface area contributed by atoms with Crippen LogP contribution in [0, 0.1) is 0 Å². The molecule has 6 rings (SSSR count). The van der Waals surface area contributed by atoms with Crippen molar-refractivity contribution in [1.82, 2.24) is 8.87 Å². The van der Waals surface area contributed by atoms with Crippen molar-refractivity contribution >= 4 is 49.4 Å². The molecule has 41 heavy (non-hydrogen) atoms. The van der Waals surface area contributed by atoms with Gasteiger partial charge in [-0.1, -0.05) is 48.5 Å². The van der Waals surface area contributed by atoms with Gasteiger partial charge in [-0.2, -0.15) is 4.31 Å². The predicted molar refractivity (Wildman–Crippen MR) is 158 cm³/mol. The van der Waals surface area contributed by atoms with Gasteiger partial charge in [0.15, 0.2) is 6.61 Å². The van der Waals surface area contributed by atoms with E-state index in [0.29, 0.717) is 18.7 Å². The maximum absolute atomic E-state index is 13.3. The molecule has 4 aromatic carbocycles. The molecule has 1 aliphatic rings. The topological polar surface area (TPSA) is 97.7 Å². The Bertz CT molecular complexity index is 1910. The molecule has 1 N–H and O–H groups in total. The van der Waals surface area contributed by atoms with Gasteiger partial charge in [0, 0.05) is 47.1 Å². The lowest BCUT2D eigenvalue weighted by atomic mass is 10.0. The number of ether oxygens (including phenoxy) is 1. The quantitative estimate of drug-likeness (QED) is 0.267. The first-order valence-corrected chi connectivity index (χ1v) is 14.9. The van der Waals surface area contributed by atoms with Crippen molar-refractivity contribution in [2.45, 2.75) is 31.3 Å². The number of carbonyl (C=O) groups is 2. The molecule has 0 unspecified atom stereocenters. The number of hydrogen-bond donors (Lipinski definition) is 1. The summed E-state index contributed by atoms with van der Waals surface area (Å²) in [5.74, 6) is -1.27. The molecule has 0 bridgehead atoms. The molecule has 1 amide bonds. The monoisotopic (exact) mass is 567 g/mol. The van der Waals surface area contributed by atoms with E-state index < -0.39 is 28.5 Å². The van der Waals surface area contributed by atoms with Gasteiger partial charge in [-0.25, -0.2) is 13.2 Å². The SMILES string of the molecule is CCn1c2ccccc2c2cc(NC(=O)COC(=O)c3cccc(S(=O)(=O)N4CCc5ccccc5C4)c3)ccc21. The molecule has 1 aliphatic heterocycles. The van der Waals surface area contributed by atoms with Gasteiger partial charge in [0.2, 0.25) is 10.0 Å². The standard InChI is InChI=1S/C32H29N3O5S/c1-2-35-29-13-6-5-12-27(29)28-19-25(14-15-30(28)35)33-31(36)21-40-32(37)23-10-7-11-26(18-23)41(38,39)34-17-16-22-8-3-4-9-24(22)20-34/h3-15,18-19H,2,16-17,20-21H2,1H3,(H,33,36). The van der Waals surface area contributed by atoms with E-state index >= 15 is 0 Å². The Hall–Kier alpha value is -4.47. The van der Waals surface area contributed by atoms with Crippen LogP contribution < -0.4 is 5.32 Å². The Labute approximate surface area is 238 Å². The highest BCUT2D eigenvalue weighted by atomic mass is 32.2. The van der Waals surface area contributed by atoms with Crippen molar-refractivity contribution in [1.29, 1.82) is 0 Å². The zero-order valence-electron chi connectivity index (χ0n) is 22.5. The molecule has 9 heteroatoms. The van der Waals surface area contributed by atoms with Crippen LogP contribution in [0.3, 0.4) is 0 Å². The van der Waals surface area contributed by atoms with E-state index in [2.05, 4.69) is 28.9 Å². The number of amides is 1. The summed E-state index contributed by atoms with van der Waals surface area (Å²) in [4.78, 5) is 25.4. The summed E-state index contributed by atoms with van der Waals surface area (Å²) in [6.45, 7) is 3.04. The number of para-hydroxylation sites is 1. The highest BCUT2D eigenvalue weighted by molar-refractivity contribution is 7.89. The molecule has 5 aromatic rings. The Morgan fingerprint density at radius 1 is 0.854 bits per heavy atom. The molecule has 0 aliphatic carbocycles. The van der Waals surface area contributed by atoms with Gasteiger partial charge < -0.3 is 14.6 Å². The van der Waals surface area contributed by atoms with Gasteiger partial charge in [-0.3, -0.25) is 4.79 Å². The number of aromatic nitrogens is 1. The van der Waals surface area contributed by atoms with Crippen molar-refractivity contribution in [3.05, 3.63) is 108 Å². The largest absolute Gasteiger partial charge is 0.452 e. The zero-order valence-corrected chi connectivity index (χ0v) is 23.4. The van der Waals surface area contributed by atoms with E-state index in [1.54, 1.807) is 0 Å². The van der Waals surface area contributed by atoms with Crippen LogP contribution in [-0.4, -0.2) is 42.3 Å². The molecule has 0 fully saturated rings. The molecule has 2 heterocycles. The molecule has 0 atom stereocenters. The van der Waals surface area contributed by atoms with Gasteiger partial charge in [0.05, 0.1) is 10.5 Å². The fourth-order valence-electron chi connectivity index (χ4n) is 5.49. The summed E-state index contributed by atoms with van der Waals surface area (Å²) in [6.07, 6.45) is 0.625.